The molecule has 0 spiro atoms. The van der Waals surface area contributed by atoms with E-state index in [1.807, 2.05) is 34.6 Å². The molecule has 0 aliphatic rings. The van der Waals surface area contributed by atoms with Crippen LogP contribution in [0.25, 0.3) is 0 Å². The van der Waals surface area contributed by atoms with E-state index in [1.54, 1.807) is 13.8 Å². The van der Waals surface area contributed by atoms with E-state index >= 15 is 0 Å². The Kier molecular flexibility index (Phi) is 13.6. The van der Waals surface area contributed by atoms with Crippen LogP contribution in [0.15, 0.2) is 18.2 Å². The Bertz CT molecular complexity index is 946. The molecule has 1 unspecified atom stereocenters. The van der Waals surface area contributed by atoms with Gasteiger partial charge in [-0.2, -0.15) is 0 Å². The number of esters is 1. The predicted molar refractivity (Wildman–Crippen MR) is 138 cm³/mol. The zero-order chi connectivity index (χ0) is 28.9. The maximum absolute atomic E-state index is 12.4. The molecule has 11 heteroatoms. The molecule has 1 aromatic rings. The van der Waals surface area contributed by atoms with E-state index < -0.39 is 30.0 Å². The molecule has 0 fully saturated rings. The minimum Gasteiger partial charge on any atom is -0.477 e. The summed E-state index contributed by atoms with van der Waals surface area (Å²) in [6.07, 6.45) is -1.25. The monoisotopic (exact) mass is 539 g/mol. The third-order valence-electron chi connectivity index (χ3n) is 5.10. The van der Waals surface area contributed by atoms with E-state index in [0.717, 1.165) is 0 Å². The fraction of sp³-hybridized carbons (Fsp3) is 0.630. The number of rotatable bonds is 15. The van der Waals surface area contributed by atoms with Crippen LogP contribution in [0.1, 0.15) is 73.3 Å². The van der Waals surface area contributed by atoms with Gasteiger partial charge in [-0.3, -0.25) is 10.1 Å². The van der Waals surface area contributed by atoms with Crippen LogP contribution in [0.4, 0.5) is 9.59 Å². The van der Waals surface area contributed by atoms with Crippen LogP contribution in [0, 0.1) is 11.8 Å². The lowest BCUT2D eigenvalue weighted by Gasteiger charge is -2.33. The molecule has 1 rings (SSSR count). The SMILES string of the molecule is CCCC(=O)O[C@](Cc1ccc(OC(=O)OCC(C)C)c(OC(=O)OCC(C)C)c1)(NC(C)CC)C(=O)O. The van der Waals surface area contributed by atoms with Crippen molar-refractivity contribution >= 4 is 24.2 Å². The topological polar surface area (TPSA) is 147 Å². The van der Waals surface area contributed by atoms with E-state index in [0.29, 0.717) is 18.4 Å². The molecule has 214 valence electrons. The molecule has 0 aromatic heterocycles. The standard InChI is InChI=1S/C27H41NO10/c1-8-10-23(29)38-27(24(30)31,28-19(7)9-2)14-20-11-12-21(36-25(32)34-15-17(3)4)22(13-20)37-26(33)35-16-18(5)6/h11-13,17-19,28H,8-10,14-16H2,1-7H3,(H,30,31)/t19?,27-/m0/s1. The van der Waals surface area contributed by atoms with Crippen LogP contribution >= 0.6 is 0 Å². The quantitative estimate of drug-likeness (QED) is 0.133. The predicted octanol–water partition coefficient (Wildman–Crippen LogP) is 5.08. The number of ether oxygens (including phenoxy) is 5. The van der Waals surface area contributed by atoms with E-state index in [1.165, 1.54) is 18.2 Å². The maximum atomic E-state index is 12.4. The van der Waals surface area contributed by atoms with Crippen molar-refractivity contribution in [3.8, 4) is 11.5 Å². The van der Waals surface area contributed by atoms with E-state index in [4.69, 9.17) is 23.7 Å². The molecule has 11 nitrogen and oxygen atoms in total. The van der Waals surface area contributed by atoms with Crippen LogP contribution in [0.2, 0.25) is 0 Å². The third-order valence-corrected chi connectivity index (χ3v) is 5.10. The van der Waals surface area contributed by atoms with Gasteiger partial charge in [-0.25, -0.2) is 14.4 Å². The van der Waals surface area contributed by atoms with Crippen LogP contribution in [-0.2, 0) is 30.2 Å². The highest BCUT2D eigenvalue weighted by Crippen LogP contribution is 2.31. The Hall–Kier alpha value is -3.34. The fourth-order valence-corrected chi connectivity index (χ4v) is 3.07. The highest BCUT2D eigenvalue weighted by atomic mass is 16.7. The van der Waals surface area contributed by atoms with Gasteiger partial charge < -0.3 is 28.8 Å². The number of carbonyl (C=O) groups is 4. The summed E-state index contributed by atoms with van der Waals surface area (Å²) in [6, 6.07) is 3.83. The van der Waals surface area contributed by atoms with Gasteiger partial charge in [0.2, 0.25) is 0 Å². The average Bonchev–Trinajstić information content (AvgIpc) is 2.82. The lowest BCUT2D eigenvalue weighted by atomic mass is 10.00. The summed E-state index contributed by atoms with van der Waals surface area (Å²) in [6.45, 7) is 13.0. The van der Waals surface area contributed by atoms with Gasteiger partial charge in [-0.05, 0) is 49.3 Å². The molecule has 1 aromatic carbocycles. The lowest BCUT2D eigenvalue weighted by molar-refractivity contribution is -0.184. The molecule has 38 heavy (non-hydrogen) atoms. The number of hydrogen-bond donors (Lipinski definition) is 2. The average molecular weight is 540 g/mol. The summed E-state index contributed by atoms with van der Waals surface area (Å²) in [7, 11) is 0. The normalized spacial score (nSPS) is 13.4. The summed E-state index contributed by atoms with van der Waals surface area (Å²) in [5, 5.41) is 13.0. The molecule has 0 aliphatic carbocycles. The lowest BCUT2D eigenvalue weighted by Crippen LogP contribution is -2.59. The maximum Gasteiger partial charge on any atom is 0.513 e. The van der Waals surface area contributed by atoms with Crippen molar-refractivity contribution in [1.82, 2.24) is 5.32 Å². The highest BCUT2D eigenvalue weighted by Gasteiger charge is 2.44. The van der Waals surface area contributed by atoms with Crippen molar-refractivity contribution in [3.05, 3.63) is 23.8 Å². The van der Waals surface area contributed by atoms with Crippen molar-refractivity contribution < 1.29 is 48.0 Å². The van der Waals surface area contributed by atoms with Gasteiger partial charge in [-0.1, -0.05) is 47.6 Å². The highest BCUT2D eigenvalue weighted by molar-refractivity contribution is 5.82. The first-order valence-corrected chi connectivity index (χ1v) is 12.9. The van der Waals surface area contributed by atoms with Gasteiger partial charge in [0.05, 0.1) is 13.2 Å². The van der Waals surface area contributed by atoms with E-state index in [9.17, 15) is 24.3 Å². The first-order chi connectivity index (χ1) is 17.8. The Balaban J connectivity index is 3.39. The zero-order valence-electron chi connectivity index (χ0n) is 23.3. The molecule has 2 atom stereocenters. The summed E-state index contributed by atoms with van der Waals surface area (Å²) in [4.78, 5) is 49.2. The zero-order valence-corrected chi connectivity index (χ0v) is 23.3. The Morgan fingerprint density at radius 3 is 1.92 bits per heavy atom. The Labute approximate surface area is 224 Å². The molecule has 0 aliphatic heterocycles. The van der Waals surface area contributed by atoms with Crippen molar-refractivity contribution in [2.24, 2.45) is 11.8 Å². The number of carbonyl (C=O) groups excluding carboxylic acids is 3. The van der Waals surface area contributed by atoms with Crippen molar-refractivity contribution in [3.63, 3.8) is 0 Å². The smallest absolute Gasteiger partial charge is 0.477 e. The molecule has 0 saturated carbocycles. The number of benzene rings is 1. The third kappa shape index (κ3) is 11.4. The molecule has 0 bridgehead atoms. The molecule has 0 radical (unpaired) electrons. The van der Waals surface area contributed by atoms with Gasteiger partial charge in [-0.15, -0.1) is 0 Å². The van der Waals surface area contributed by atoms with Crippen molar-refractivity contribution in [2.75, 3.05) is 13.2 Å². The van der Waals surface area contributed by atoms with Crippen LogP contribution in [-0.4, -0.2) is 54.3 Å². The number of aliphatic carboxylic acids is 1. The molecule has 0 saturated heterocycles. The van der Waals surface area contributed by atoms with Crippen LogP contribution in [0.5, 0.6) is 11.5 Å². The molecule has 0 heterocycles. The molecular weight excluding hydrogens is 498 g/mol. The molecule has 0 amide bonds. The van der Waals surface area contributed by atoms with Crippen LogP contribution < -0.4 is 14.8 Å². The summed E-state index contributed by atoms with van der Waals surface area (Å²) >= 11 is 0. The van der Waals surface area contributed by atoms with Gasteiger partial charge in [0.1, 0.15) is 0 Å². The number of carboxylic acid groups (broad SMARTS) is 1. The minimum absolute atomic E-state index is 0.0402. The number of carboxylic acids is 1. The first kappa shape index (κ1) is 32.7. The molecular formula is C27H41NO10. The molecule has 2 N–H and O–H groups in total. The van der Waals surface area contributed by atoms with Gasteiger partial charge in [0.15, 0.2) is 11.5 Å². The largest absolute Gasteiger partial charge is 0.513 e. The first-order valence-electron chi connectivity index (χ1n) is 12.9. The van der Waals surface area contributed by atoms with E-state index in [-0.39, 0.29) is 55.4 Å². The van der Waals surface area contributed by atoms with Crippen molar-refractivity contribution in [1.29, 1.82) is 0 Å². The van der Waals surface area contributed by atoms with Gasteiger partial charge >= 0.3 is 24.2 Å². The van der Waals surface area contributed by atoms with Gasteiger partial charge in [0, 0.05) is 18.9 Å². The number of hydrogen-bond acceptors (Lipinski definition) is 10. The summed E-state index contributed by atoms with van der Waals surface area (Å²) in [5.74, 6) is -2.27. The Morgan fingerprint density at radius 2 is 1.45 bits per heavy atom. The second-order valence-corrected chi connectivity index (χ2v) is 9.88. The minimum atomic E-state index is -2.09. The second-order valence-electron chi connectivity index (χ2n) is 9.88. The summed E-state index contributed by atoms with van der Waals surface area (Å²) < 4.78 is 26.1. The number of nitrogens with one attached hydrogen (secondary N) is 1. The van der Waals surface area contributed by atoms with Gasteiger partial charge in [0.25, 0.3) is 5.72 Å². The van der Waals surface area contributed by atoms with Crippen molar-refractivity contribution in [2.45, 2.75) is 85.9 Å². The van der Waals surface area contributed by atoms with E-state index in [2.05, 4.69) is 5.32 Å². The second kappa shape index (κ2) is 15.8. The fourth-order valence-electron chi connectivity index (χ4n) is 3.07. The Morgan fingerprint density at radius 1 is 0.895 bits per heavy atom. The van der Waals surface area contributed by atoms with Crippen LogP contribution in [0.3, 0.4) is 0 Å². The summed E-state index contributed by atoms with van der Waals surface area (Å²) in [5.41, 5.74) is -1.77.